The van der Waals surface area contributed by atoms with E-state index in [0.717, 1.165) is 66.1 Å². The third-order valence-corrected chi connectivity index (χ3v) is 12.0. The Labute approximate surface area is 240 Å². The molecule has 0 aromatic rings. The molecule has 3 nitrogen and oxygen atoms in total. The molecule has 1 N–H and O–H groups in total. The van der Waals surface area contributed by atoms with Gasteiger partial charge in [0.1, 0.15) is 13.1 Å². The van der Waals surface area contributed by atoms with Crippen molar-refractivity contribution >= 4 is 0 Å². The first-order valence-electron chi connectivity index (χ1n) is 15.7. The molecule has 4 aliphatic carbocycles. The van der Waals surface area contributed by atoms with Crippen LogP contribution in [0.1, 0.15) is 105 Å². The number of nitrogens with zero attached hydrogens (tertiary/aromatic N) is 1. The zero-order valence-electron chi connectivity index (χ0n) is 25.4. The first kappa shape index (κ1) is 31.6. The largest absolute Gasteiger partial charge is 1.00 e. The van der Waals surface area contributed by atoms with Gasteiger partial charge in [-0.05, 0) is 97.7 Å². The Bertz CT molecular complexity index is 765. The molecule has 0 radical (unpaired) electrons. The lowest BCUT2D eigenvalue weighted by Crippen LogP contribution is -3.00. The van der Waals surface area contributed by atoms with Crippen LogP contribution < -0.4 is 17.0 Å². The van der Waals surface area contributed by atoms with Gasteiger partial charge in [-0.3, -0.25) is 0 Å². The molecule has 0 spiro atoms. The molecule has 0 bridgehead atoms. The Morgan fingerprint density at radius 2 is 1.76 bits per heavy atom. The van der Waals surface area contributed by atoms with Crippen LogP contribution in [-0.4, -0.2) is 56.1 Å². The fraction of sp³-hybridized carbons (Fsp3) is 0.939. The second-order valence-corrected chi connectivity index (χ2v) is 15.1. The van der Waals surface area contributed by atoms with Crippen LogP contribution in [0.2, 0.25) is 0 Å². The highest BCUT2D eigenvalue weighted by atomic mass is 79.9. The standard InChI is InChI=1S/C33H60NO2.BrH/c1-24(2)9-8-10-25(3)29-13-14-30-28-12-11-26-23-27(36-22-20-34(6,7)19-21-35)15-17-32(26,4)31(28)16-18-33(29,30)5;/h11,24-25,27-31,35H,8-10,12-23H2,1-7H3;1H/q+1;/p-1/t25-,27+,28+,29-,30+,31+,32+,33-;/m1./s1. The zero-order valence-corrected chi connectivity index (χ0v) is 27.0. The van der Waals surface area contributed by atoms with Crippen LogP contribution in [0.15, 0.2) is 11.6 Å². The van der Waals surface area contributed by atoms with Gasteiger partial charge < -0.3 is 31.3 Å². The summed E-state index contributed by atoms with van der Waals surface area (Å²) >= 11 is 0. The number of quaternary nitrogens is 1. The average molecular weight is 583 g/mol. The van der Waals surface area contributed by atoms with E-state index in [-0.39, 0.29) is 23.6 Å². The molecule has 216 valence electrons. The van der Waals surface area contributed by atoms with Crippen molar-refractivity contribution in [1.82, 2.24) is 0 Å². The van der Waals surface area contributed by atoms with Gasteiger partial charge in [-0.15, -0.1) is 0 Å². The number of halogens is 1. The fourth-order valence-corrected chi connectivity index (χ4v) is 9.64. The van der Waals surface area contributed by atoms with Gasteiger partial charge in [-0.25, -0.2) is 0 Å². The van der Waals surface area contributed by atoms with Crippen LogP contribution in [0.5, 0.6) is 0 Å². The highest BCUT2D eigenvalue weighted by Crippen LogP contribution is 2.67. The number of allylic oxidation sites excluding steroid dienone is 1. The Balaban J connectivity index is 0.00000380. The molecule has 4 heteroatoms. The number of hydrogen-bond donors (Lipinski definition) is 1. The van der Waals surface area contributed by atoms with Gasteiger partial charge in [0.2, 0.25) is 0 Å². The Morgan fingerprint density at radius 3 is 2.46 bits per heavy atom. The molecule has 0 heterocycles. The lowest BCUT2D eigenvalue weighted by atomic mass is 9.47. The minimum absolute atomic E-state index is 0. The Kier molecular flexibility index (Phi) is 10.9. The Morgan fingerprint density at radius 1 is 1.00 bits per heavy atom. The molecule has 37 heavy (non-hydrogen) atoms. The maximum atomic E-state index is 9.31. The quantitative estimate of drug-likeness (QED) is 0.288. The summed E-state index contributed by atoms with van der Waals surface area (Å²) < 4.78 is 7.27. The summed E-state index contributed by atoms with van der Waals surface area (Å²) in [6.07, 6.45) is 18.3. The van der Waals surface area contributed by atoms with E-state index in [1.807, 2.05) is 0 Å². The monoisotopic (exact) mass is 581 g/mol. The molecule has 4 aliphatic rings. The minimum Gasteiger partial charge on any atom is -1.00 e. The number of aliphatic hydroxyl groups is 1. The highest BCUT2D eigenvalue weighted by molar-refractivity contribution is 5.25. The summed E-state index contributed by atoms with van der Waals surface area (Å²) in [6, 6.07) is 0. The molecule has 8 atom stereocenters. The summed E-state index contributed by atoms with van der Waals surface area (Å²) in [5.41, 5.74) is 2.74. The van der Waals surface area contributed by atoms with Crippen molar-refractivity contribution in [2.24, 2.45) is 46.3 Å². The van der Waals surface area contributed by atoms with E-state index in [1.165, 1.54) is 64.2 Å². The lowest BCUT2D eigenvalue weighted by molar-refractivity contribution is -0.891. The van der Waals surface area contributed by atoms with Crippen LogP contribution in [0.25, 0.3) is 0 Å². The van der Waals surface area contributed by atoms with Crippen molar-refractivity contribution in [3.63, 3.8) is 0 Å². The van der Waals surface area contributed by atoms with E-state index in [2.05, 4.69) is 54.8 Å². The third kappa shape index (κ3) is 6.71. The number of ether oxygens (including phenoxy) is 1. The fourth-order valence-electron chi connectivity index (χ4n) is 9.64. The molecule has 0 amide bonds. The van der Waals surface area contributed by atoms with E-state index in [0.29, 0.717) is 16.9 Å². The molecule has 4 rings (SSSR count). The van der Waals surface area contributed by atoms with Crippen molar-refractivity contribution in [1.29, 1.82) is 0 Å². The van der Waals surface area contributed by atoms with E-state index < -0.39 is 0 Å². The highest BCUT2D eigenvalue weighted by Gasteiger charge is 2.59. The lowest BCUT2D eigenvalue weighted by Gasteiger charge is -2.58. The van der Waals surface area contributed by atoms with Crippen molar-refractivity contribution in [3.05, 3.63) is 11.6 Å². The predicted octanol–water partition coefficient (Wildman–Crippen LogP) is 4.49. The van der Waals surface area contributed by atoms with Gasteiger partial charge >= 0.3 is 0 Å². The van der Waals surface area contributed by atoms with Crippen molar-refractivity contribution in [3.8, 4) is 0 Å². The van der Waals surface area contributed by atoms with Crippen molar-refractivity contribution in [2.45, 2.75) is 111 Å². The summed E-state index contributed by atoms with van der Waals surface area (Å²) in [5.74, 6) is 5.46. The number of likely N-dealkylation sites (N-methyl/N-ethyl adjacent to an activating group) is 1. The smallest absolute Gasteiger partial charge is 0.102 e. The maximum Gasteiger partial charge on any atom is 0.102 e. The van der Waals surface area contributed by atoms with Crippen LogP contribution in [-0.2, 0) is 4.74 Å². The number of hydrogen-bond acceptors (Lipinski definition) is 2. The first-order chi connectivity index (χ1) is 17.0. The molecular formula is C33H60BrNO2. The molecule has 3 fully saturated rings. The normalized spacial score (nSPS) is 38.3. The van der Waals surface area contributed by atoms with Crippen LogP contribution >= 0.6 is 0 Å². The molecule has 0 saturated heterocycles. The zero-order chi connectivity index (χ0) is 26.1. The van der Waals surface area contributed by atoms with Gasteiger partial charge in [-0.2, -0.15) is 0 Å². The van der Waals surface area contributed by atoms with Gasteiger partial charge in [-0.1, -0.05) is 65.5 Å². The van der Waals surface area contributed by atoms with E-state index in [1.54, 1.807) is 5.57 Å². The topological polar surface area (TPSA) is 29.5 Å². The molecule has 3 saturated carbocycles. The van der Waals surface area contributed by atoms with Gasteiger partial charge in [0.15, 0.2) is 0 Å². The molecule has 0 aromatic carbocycles. The van der Waals surface area contributed by atoms with Gasteiger partial charge in [0.05, 0.1) is 33.4 Å². The van der Waals surface area contributed by atoms with Gasteiger partial charge in [0, 0.05) is 0 Å². The second kappa shape index (κ2) is 12.7. The maximum absolute atomic E-state index is 9.31. The van der Waals surface area contributed by atoms with E-state index in [9.17, 15) is 5.11 Å². The van der Waals surface area contributed by atoms with Crippen LogP contribution in [0, 0.1) is 46.3 Å². The summed E-state index contributed by atoms with van der Waals surface area (Å²) in [7, 11) is 4.39. The van der Waals surface area contributed by atoms with Gasteiger partial charge in [0.25, 0.3) is 0 Å². The summed E-state index contributed by atoms with van der Waals surface area (Å²) in [5, 5.41) is 9.31. The molecule has 0 aromatic heterocycles. The van der Waals surface area contributed by atoms with Crippen molar-refractivity contribution in [2.75, 3.05) is 40.4 Å². The summed E-state index contributed by atoms with van der Waals surface area (Å²) in [4.78, 5) is 0. The van der Waals surface area contributed by atoms with E-state index in [4.69, 9.17) is 4.74 Å². The number of aliphatic hydroxyl groups excluding tert-OH is 1. The Hall–Kier alpha value is 0.100. The van der Waals surface area contributed by atoms with E-state index >= 15 is 0 Å². The number of rotatable bonds is 11. The average Bonchev–Trinajstić information content (AvgIpc) is 3.16. The third-order valence-electron chi connectivity index (χ3n) is 12.0. The minimum atomic E-state index is 0. The molecular weight excluding hydrogens is 522 g/mol. The van der Waals surface area contributed by atoms with Crippen molar-refractivity contribution < 1.29 is 31.3 Å². The first-order valence-corrected chi connectivity index (χ1v) is 15.7. The second-order valence-electron chi connectivity index (χ2n) is 15.1. The SMILES string of the molecule is CC(C)CCC[C@@H](C)[C@H]1CC[C@H]2[C@@H]3CC=C4C[C@@H](OCC[N+](C)(C)CCO)CC[C@]4(C)[C@H]3CC[C@]12C.[Br-]. The summed E-state index contributed by atoms with van der Waals surface area (Å²) in [6.45, 7) is 15.5. The predicted molar refractivity (Wildman–Crippen MR) is 152 cm³/mol. The molecule has 0 unspecified atom stereocenters. The van der Waals surface area contributed by atoms with Crippen LogP contribution in [0.3, 0.4) is 0 Å². The number of fused-ring (bicyclic) bond motifs is 5. The van der Waals surface area contributed by atoms with Crippen LogP contribution in [0.4, 0.5) is 0 Å². The molecule has 0 aliphatic heterocycles.